The van der Waals surface area contributed by atoms with Crippen molar-refractivity contribution in [3.63, 3.8) is 0 Å². The zero-order valence-electron chi connectivity index (χ0n) is 15.6. The minimum absolute atomic E-state index is 0.00633. The number of para-hydroxylation sites is 1. The molecule has 1 spiro atoms. The van der Waals surface area contributed by atoms with Gasteiger partial charge in [0.05, 0.1) is 0 Å². The van der Waals surface area contributed by atoms with Gasteiger partial charge in [-0.15, -0.1) is 0 Å². The number of benzene rings is 2. The molecule has 0 radical (unpaired) electrons. The van der Waals surface area contributed by atoms with Gasteiger partial charge in [0.15, 0.2) is 0 Å². The van der Waals surface area contributed by atoms with Crippen LogP contribution in [0.25, 0.3) is 0 Å². The van der Waals surface area contributed by atoms with Crippen LogP contribution in [0.2, 0.25) is 0 Å². The summed E-state index contributed by atoms with van der Waals surface area (Å²) in [6.45, 7) is 1.74. The van der Waals surface area contributed by atoms with Gasteiger partial charge in [-0.3, -0.25) is 14.5 Å². The summed E-state index contributed by atoms with van der Waals surface area (Å²) in [5, 5.41) is 2.88. The lowest BCUT2D eigenvalue weighted by molar-refractivity contribution is -0.134. The highest BCUT2D eigenvalue weighted by Crippen LogP contribution is 2.41. The maximum absolute atomic E-state index is 13.3. The van der Waals surface area contributed by atoms with Crippen molar-refractivity contribution in [3.8, 4) is 0 Å². The highest BCUT2D eigenvalue weighted by atomic mass is 16.2. The molecule has 2 aromatic carbocycles. The van der Waals surface area contributed by atoms with Gasteiger partial charge in [-0.25, -0.2) is 4.79 Å². The fourth-order valence-electron chi connectivity index (χ4n) is 4.89. The molecule has 6 heteroatoms. The number of hydrogen-bond donors (Lipinski definition) is 1. The van der Waals surface area contributed by atoms with Crippen LogP contribution in [-0.2, 0) is 28.0 Å². The zero-order chi connectivity index (χ0) is 19.5. The van der Waals surface area contributed by atoms with Gasteiger partial charge in [0.25, 0.3) is 5.91 Å². The number of carbonyl (C=O) groups excluding carboxylic acids is 3. The van der Waals surface area contributed by atoms with Gasteiger partial charge >= 0.3 is 6.03 Å². The van der Waals surface area contributed by atoms with E-state index in [4.69, 9.17) is 0 Å². The fourth-order valence-corrected chi connectivity index (χ4v) is 4.89. The van der Waals surface area contributed by atoms with Crippen molar-refractivity contribution in [1.82, 2.24) is 10.2 Å². The summed E-state index contributed by atoms with van der Waals surface area (Å²) in [5.41, 5.74) is 2.88. The van der Waals surface area contributed by atoms with Crippen molar-refractivity contribution in [3.05, 3.63) is 65.2 Å². The third-order valence-corrected chi connectivity index (χ3v) is 6.19. The molecule has 0 saturated carbocycles. The molecule has 1 fully saturated rings. The molecule has 2 aromatic rings. The molecule has 0 aromatic heterocycles. The van der Waals surface area contributed by atoms with Crippen molar-refractivity contribution in [1.29, 1.82) is 0 Å². The van der Waals surface area contributed by atoms with Gasteiger partial charge in [-0.05, 0) is 48.9 Å². The maximum Gasteiger partial charge on any atom is 0.325 e. The Bertz CT molecular complexity index is 1020. The first-order valence-corrected chi connectivity index (χ1v) is 9.64. The van der Waals surface area contributed by atoms with Crippen LogP contribution in [0.5, 0.6) is 0 Å². The summed E-state index contributed by atoms with van der Waals surface area (Å²) in [4.78, 5) is 41.8. The van der Waals surface area contributed by atoms with Crippen LogP contribution in [0, 0.1) is 0 Å². The average molecular weight is 375 g/mol. The average Bonchev–Trinajstić information content (AvgIpc) is 3.30. The number of nitrogens with zero attached hydrogens (tertiary/aromatic N) is 2. The number of imide groups is 1. The molecule has 28 heavy (non-hydrogen) atoms. The topological polar surface area (TPSA) is 69.7 Å². The molecular formula is C22H21N3O3. The number of carbonyl (C=O) groups is 3. The van der Waals surface area contributed by atoms with E-state index in [0.717, 1.165) is 40.1 Å². The molecule has 6 nitrogen and oxygen atoms in total. The second kappa shape index (κ2) is 5.92. The first-order valence-electron chi connectivity index (χ1n) is 9.64. The quantitative estimate of drug-likeness (QED) is 0.820. The van der Waals surface area contributed by atoms with Gasteiger partial charge in [-0.1, -0.05) is 42.5 Å². The number of urea groups is 1. The molecule has 3 aliphatic rings. The molecule has 2 heterocycles. The lowest BCUT2D eigenvalue weighted by Gasteiger charge is -2.25. The first-order chi connectivity index (χ1) is 13.5. The number of nitrogens with one attached hydrogen (secondary N) is 1. The Morgan fingerprint density at radius 1 is 1.11 bits per heavy atom. The number of amides is 4. The van der Waals surface area contributed by atoms with E-state index < -0.39 is 11.6 Å². The van der Waals surface area contributed by atoms with E-state index in [1.807, 2.05) is 55.5 Å². The lowest BCUT2D eigenvalue weighted by Crippen LogP contribution is -2.46. The number of fused-ring (bicyclic) bond motifs is 3. The fraction of sp³-hybridized carbons (Fsp3) is 0.318. The van der Waals surface area contributed by atoms with E-state index in [1.54, 1.807) is 4.90 Å². The Morgan fingerprint density at radius 3 is 2.64 bits per heavy atom. The predicted octanol–water partition coefficient (Wildman–Crippen LogP) is 2.36. The summed E-state index contributed by atoms with van der Waals surface area (Å²) in [6.07, 6.45) is 2.05. The van der Waals surface area contributed by atoms with Gasteiger partial charge in [-0.2, -0.15) is 0 Å². The lowest BCUT2D eigenvalue weighted by atomic mass is 9.92. The van der Waals surface area contributed by atoms with E-state index in [0.29, 0.717) is 6.42 Å². The van der Waals surface area contributed by atoms with Crippen LogP contribution < -0.4 is 10.2 Å². The third kappa shape index (κ3) is 2.24. The van der Waals surface area contributed by atoms with E-state index in [9.17, 15) is 14.4 Å². The van der Waals surface area contributed by atoms with Crippen molar-refractivity contribution < 1.29 is 14.4 Å². The van der Waals surface area contributed by atoms with Crippen LogP contribution in [0.15, 0.2) is 48.5 Å². The second-order valence-corrected chi connectivity index (χ2v) is 7.83. The Balaban J connectivity index is 1.42. The second-order valence-electron chi connectivity index (χ2n) is 7.83. The molecule has 2 aliphatic heterocycles. The largest absolute Gasteiger partial charge is 0.325 e. The van der Waals surface area contributed by atoms with Crippen molar-refractivity contribution >= 4 is 23.5 Å². The first kappa shape index (κ1) is 17.0. The number of aryl methyl sites for hydroxylation is 1. The van der Waals surface area contributed by atoms with Crippen LogP contribution in [0.1, 0.15) is 30.0 Å². The Labute approximate surface area is 163 Å². The van der Waals surface area contributed by atoms with Gasteiger partial charge in [0.2, 0.25) is 5.91 Å². The van der Waals surface area contributed by atoms with Crippen LogP contribution >= 0.6 is 0 Å². The maximum atomic E-state index is 13.3. The Kier molecular flexibility index (Phi) is 3.59. The smallest absolute Gasteiger partial charge is 0.319 e. The van der Waals surface area contributed by atoms with E-state index in [-0.39, 0.29) is 24.4 Å². The molecule has 1 saturated heterocycles. The summed E-state index contributed by atoms with van der Waals surface area (Å²) >= 11 is 0. The van der Waals surface area contributed by atoms with Crippen LogP contribution in [0.4, 0.5) is 10.5 Å². The standard InChI is InChI=1S/C22H21N3O3/c1-14-12-16-7-3-5-9-18(16)25(14)19(26)13-24-20(27)22(23-21(24)28)11-10-15-6-2-4-8-17(15)22/h2-9,14H,10-13H2,1H3,(H,23,28)/t14-,22+/m1/s1. The van der Waals surface area contributed by atoms with Gasteiger partial charge in [0.1, 0.15) is 12.1 Å². The monoisotopic (exact) mass is 375 g/mol. The minimum atomic E-state index is -1.03. The summed E-state index contributed by atoms with van der Waals surface area (Å²) in [7, 11) is 0. The molecule has 0 unspecified atom stereocenters. The highest BCUT2D eigenvalue weighted by Gasteiger charge is 2.55. The molecule has 1 aliphatic carbocycles. The molecule has 4 amide bonds. The van der Waals surface area contributed by atoms with Crippen molar-refractivity contribution in [2.75, 3.05) is 11.4 Å². The normalized spacial score (nSPS) is 25.2. The minimum Gasteiger partial charge on any atom is -0.319 e. The van der Waals surface area contributed by atoms with E-state index in [1.165, 1.54) is 0 Å². The SMILES string of the molecule is C[C@@H]1Cc2ccccc2N1C(=O)CN1C(=O)N[C@]2(CCc3ccccc32)C1=O. The van der Waals surface area contributed by atoms with Gasteiger partial charge in [0, 0.05) is 11.7 Å². The molecule has 2 atom stereocenters. The Morgan fingerprint density at radius 2 is 1.82 bits per heavy atom. The molecule has 142 valence electrons. The van der Waals surface area contributed by atoms with Crippen LogP contribution in [-0.4, -0.2) is 35.3 Å². The van der Waals surface area contributed by atoms with E-state index in [2.05, 4.69) is 5.32 Å². The van der Waals surface area contributed by atoms with Crippen LogP contribution in [0.3, 0.4) is 0 Å². The number of hydrogen-bond acceptors (Lipinski definition) is 3. The predicted molar refractivity (Wildman–Crippen MR) is 104 cm³/mol. The number of anilines is 1. The van der Waals surface area contributed by atoms with Gasteiger partial charge < -0.3 is 10.2 Å². The number of rotatable bonds is 2. The molecule has 5 rings (SSSR count). The molecule has 0 bridgehead atoms. The molecular weight excluding hydrogens is 354 g/mol. The zero-order valence-corrected chi connectivity index (χ0v) is 15.6. The van der Waals surface area contributed by atoms with Crippen molar-refractivity contribution in [2.24, 2.45) is 0 Å². The molecule has 1 N–H and O–H groups in total. The Hall–Kier alpha value is -3.15. The van der Waals surface area contributed by atoms with E-state index >= 15 is 0 Å². The summed E-state index contributed by atoms with van der Waals surface area (Å²) in [6, 6.07) is 15.0. The van der Waals surface area contributed by atoms with Crippen molar-refractivity contribution in [2.45, 2.75) is 37.8 Å². The third-order valence-electron chi connectivity index (χ3n) is 6.19. The summed E-state index contributed by atoms with van der Waals surface area (Å²) < 4.78 is 0. The highest BCUT2D eigenvalue weighted by molar-refractivity contribution is 6.11. The summed E-state index contributed by atoms with van der Waals surface area (Å²) in [5.74, 6) is -0.555.